The van der Waals surface area contributed by atoms with E-state index in [1.54, 1.807) is 50.6 Å². The maximum atomic E-state index is 12.5. The van der Waals surface area contributed by atoms with Gasteiger partial charge < -0.3 is 19.7 Å². The highest BCUT2D eigenvalue weighted by molar-refractivity contribution is 7.13. The summed E-state index contributed by atoms with van der Waals surface area (Å²) in [7, 11) is 1.60. The molecule has 10 nitrogen and oxygen atoms in total. The van der Waals surface area contributed by atoms with Crippen molar-refractivity contribution >= 4 is 34.7 Å². The Morgan fingerprint density at radius 3 is 2.60 bits per heavy atom. The minimum Gasteiger partial charge on any atom is -0.497 e. The minimum absolute atomic E-state index is 0.279. The molecular formula is C24H28N6O4S. The van der Waals surface area contributed by atoms with Gasteiger partial charge in [0.05, 0.1) is 25.8 Å². The average Bonchev–Trinajstić information content (AvgIpc) is 3.23. The number of aromatic nitrogens is 3. The lowest BCUT2D eigenvalue weighted by Gasteiger charge is -2.22. The van der Waals surface area contributed by atoms with E-state index in [-0.39, 0.29) is 11.9 Å². The fraction of sp³-hybridized carbons (Fsp3) is 0.375. The normalized spacial score (nSPS) is 14.3. The van der Waals surface area contributed by atoms with E-state index >= 15 is 0 Å². The van der Waals surface area contributed by atoms with Gasteiger partial charge in [-0.2, -0.15) is 0 Å². The van der Waals surface area contributed by atoms with E-state index < -0.39 is 0 Å². The molecule has 0 unspecified atom stereocenters. The first-order chi connectivity index (χ1) is 17.1. The monoisotopic (exact) mass is 496 g/mol. The summed E-state index contributed by atoms with van der Waals surface area (Å²) >= 11 is 1.30. The standard InChI is InChI=1S/C24H28N6O4S/c1-3-34-24(32)17-5-10-20(25-15-17)30-12-4-11-29(13-14-30)16-21-27-28-23(35-21)22(31)26-18-6-8-19(33-2)9-7-18/h5-10,15H,3-4,11-14,16H2,1-2H3,(H,26,31). The van der Waals surface area contributed by atoms with Crippen LogP contribution in [-0.2, 0) is 11.3 Å². The van der Waals surface area contributed by atoms with Gasteiger partial charge in [-0.3, -0.25) is 9.69 Å². The van der Waals surface area contributed by atoms with Crippen molar-refractivity contribution in [1.29, 1.82) is 0 Å². The molecule has 1 aliphatic heterocycles. The summed E-state index contributed by atoms with van der Waals surface area (Å²) in [6.07, 6.45) is 2.53. The van der Waals surface area contributed by atoms with Gasteiger partial charge in [0.25, 0.3) is 5.91 Å². The predicted molar refractivity (Wildman–Crippen MR) is 133 cm³/mol. The number of anilines is 2. The van der Waals surface area contributed by atoms with Crippen LogP contribution in [0.25, 0.3) is 0 Å². The molecule has 35 heavy (non-hydrogen) atoms. The third kappa shape index (κ3) is 6.52. The van der Waals surface area contributed by atoms with Crippen molar-refractivity contribution in [2.45, 2.75) is 19.9 Å². The van der Waals surface area contributed by atoms with Crippen LogP contribution in [-0.4, -0.2) is 71.9 Å². The molecule has 3 heterocycles. The first kappa shape index (κ1) is 24.6. The zero-order chi connectivity index (χ0) is 24.6. The molecule has 2 aromatic heterocycles. The van der Waals surface area contributed by atoms with Crippen molar-refractivity contribution in [3.8, 4) is 5.75 Å². The van der Waals surface area contributed by atoms with Crippen LogP contribution in [0.4, 0.5) is 11.5 Å². The van der Waals surface area contributed by atoms with Crippen molar-refractivity contribution in [1.82, 2.24) is 20.1 Å². The molecule has 0 aliphatic carbocycles. The molecule has 1 aliphatic rings. The van der Waals surface area contributed by atoms with Crippen LogP contribution >= 0.6 is 11.3 Å². The lowest BCUT2D eigenvalue weighted by atomic mass is 10.2. The molecule has 0 spiro atoms. The quantitative estimate of drug-likeness (QED) is 0.471. The van der Waals surface area contributed by atoms with Crippen molar-refractivity contribution < 1.29 is 19.1 Å². The highest BCUT2D eigenvalue weighted by atomic mass is 32.1. The maximum absolute atomic E-state index is 12.5. The van der Waals surface area contributed by atoms with E-state index in [2.05, 4.69) is 30.3 Å². The van der Waals surface area contributed by atoms with Crippen LogP contribution in [0.3, 0.4) is 0 Å². The van der Waals surface area contributed by atoms with Crippen LogP contribution in [0, 0.1) is 0 Å². The number of methoxy groups -OCH3 is 1. The van der Waals surface area contributed by atoms with Gasteiger partial charge in [-0.1, -0.05) is 11.3 Å². The Labute approximate surface area is 207 Å². The third-order valence-electron chi connectivity index (χ3n) is 5.54. The van der Waals surface area contributed by atoms with Gasteiger partial charge in [0.15, 0.2) is 0 Å². The van der Waals surface area contributed by atoms with Crippen molar-refractivity contribution in [3.63, 3.8) is 0 Å². The molecule has 1 N–H and O–H groups in total. The number of carbonyl (C=O) groups is 2. The van der Waals surface area contributed by atoms with Gasteiger partial charge >= 0.3 is 5.97 Å². The van der Waals surface area contributed by atoms with Crippen molar-refractivity contribution in [2.75, 3.05) is 50.1 Å². The Bertz CT molecular complexity index is 1140. The van der Waals surface area contributed by atoms with E-state index in [4.69, 9.17) is 9.47 Å². The maximum Gasteiger partial charge on any atom is 0.339 e. The first-order valence-electron chi connectivity index (χ1n) is 11.4. The van der Waals surface area contributed by atoms with E-state index in [9.17, 15) is 9.59 Å². The highest BCUT2D eigenvalue weighted by Crippen LogP contribution is 2.19. The summed E-state index contributed by atoms with van der Waals surface area (Å²) in [6.45, 7) is 6.16. The predicted octanol–water partition coefficient (Wildman–Crippen LogP) is 3.08. The lowest BCUT2D eigenvalue weighted by Crippen LogP contribution is -2.31. The summed E-state index contributed by atoms with van der Waals surface area (Å²) in [6, 6.07) is 10.7. The molecular weight excluding hydrogens is 468 g/mol. The smallest absolute Gasteiger partial charge is 0.339 e. The van der Waals surface area contributed by atoms with E-state index in [0.717, 1.165) is 49.2 Å². The molecule has 1 saturated heterocycles. The number of benzene rings is 1. The largest absolute Gasteiger partial charge is 0.497 e. The molecule has 3 aromatic rings. The highest BCUT2D eigenvalue weighted by Gasteiger charge is 2.20. The molecule has 184 valence electrons. The second-order valence-corrected chi connectivity index (χ2v) is 8.99. The number of rotatable bonds is 8. The molecule has 11 heteroatoms. The molecule has 1 aromatic carbocycles. The van der Waals surface area contributed by atoms with E-state index in [1.807, 2.05) is 6.07 Å². The Hall–Kier alpha value is -3.57. The topological polar surface area (TPSA) is 110 Å². The molecule has 0 atom stereocenters. The molecule has 1 amide bonds. The van der Waals surface area contributed by atoms with Crippen LogP contribution in [0.2, 0.25) is 0 Å². The molecule has 1 fully saturated rings. The Morgan fingerprint density at radius 1 is 1.06 bits per heavy atom. The number of pyridine rings is 1. The van der Waals surface area contributed by atoms with E-state index in [0.29, 0.717) is 29.4 Å². The van der Waals surface area contributed by atoms with Gasteiger partial charge in [0, 0.05) is 38.1 Å². The van der Waals surface area contributed by atoms with Crippen LogP contribution in [0.5, 0.6) is 5.75 Å². The first-order valence-corrected chi connectivity index (χ1v) is 12.3. The molecule has 0 saturated carbocycles. The molecule has 0 bridgehead atoms. The van der Waals surface area contributed by atoms with Gasteiger partial charge in [0.1, 0.15) is 16.6 Å². The zero-order valence-electron chi connectivity index (χ0n) is 19.8. The average molecular weight is 497 g/mol. The Balaban J connectivity index is 1.30. The van der Waals surface area contributed by atoms with Crippen molar-refractivity contribution in [2.24, 2.45) is 0 Å². The number of ether oxygens (including phenoxy) is 2. The second-order valence-electron chi connectivity index (χ2n) is 7.93. The number of amides is 1. The molecule has 4 rings (SSSR count). The summed E-state index contributed by atoms with van der Waals surface area (Å²) in [4.78, 5) is 33.4. The third-order valence-corrected chi connectivity index (χ3v) is 6.45. The van der Waals surface area contributed by atoms with Gasteiger partial charge in [0.2, 0.25) is 5.01 Å². The van der Waals surface area contributed by atoms with Crippen LogP contribution in [0.1, 0.15) is 38.5 Å². The summed E-state index contributed by atoms with van der Waals surface area (Å²) in [5.41, 5.74) is 1.12. The lowest BCUT2D eigenvalue weighted by molar-refractivity contribution is 0.0525. The summed E-state index contributed by atoms with van der Waals surface area (Å²) in [5, 5.41) is 12.3. The minimum atomic E-state index is -0.359. The second kappa shape index (κ2) is 11.7. The number of hydrogen-bond donors (Lipinski definition) is 1. The zero-order valence-corrected chi connectivity index (χ0v) is 20.6. The number of hydrogen-bond acceptors (Lipinski definition) is 10. The number of carbonyl (C=O) groups excluding carboxylic acids is 2. The SMILES string of the molecule is CCOC(=O)c1ccc(N2CCCN(Cc3nnc(C(=O)Nc4ccc(OC)cc4)s3)CC2)nc1. The van der Waals surface area contributed by atoms with Crippen LogP contribution < -0.4 is 15.0 Å². The van der Waals surface area contributed by atoms with Crippen molar-refractivity contribution in [3.05, 3.63) is 58.2 Å². The summed E-state index contributed by atoms with van der Waals surface area (Å²) < 4.78 is 10.2. The fourth-order valence-electron chi connectivity index (χ4n) is 3.73. The fourth-order valence-corrected chi connectivity index (χ4v) is 4.50. The number of nitrogens with one attached hydrogen (secondary N) is 1. The Kier molecular flexibility index (Phi) is 8.22. The van der Waals surface area contributed by atoms with Crippen LogP contribution in [0.15, 0.2) is 42.6 Å². The number of nitrogens with zero attached hydrogens (tertiary/aromatic N) is 5. The van der Waals surface area contributed by atoms with Gasteiger partial charge in [-0.15, -0.1) is 10.2 Å². The van der Waals surface area contributed by atoms with Gasteiger partial charge in [-0.05, 0) is 49.7 Å². The Morgan fingerprint density at radius 2 is 1.89 bits per heavy atom. The van der Waals surface area contributed by atoms with E-state index in [1.165, 1.54) is 11.3 Å². The number of esters is 1. The molecule has 0 radical (unpaired) electrons. The summed E-state index contributed by atoms with van der Waals surface area (Å²) in [5.74, 6) is 0.927. The van der Waals surface area contributed by atoms with Gasteiger partial charge in [-0.25, -0.2) is 9.78 Å².